The summed E-state index contributed by atoms with van der Waals surface area (Å²) in [5.74, 6) is -1.30. The lowest BCUT2D eigenvalue weighted by Crippen LogP contribution is -2.32. The van der Waals surface area contributed by atoms with E-state index in [1.165, 1.54) is 11.0 Å². The summed E-state index contributed by atoms with van der Waals surface area (Å²) in [7, 11) is 1.55. The lowest BCUT2D eigenvalue weighted by Gasteiger charge is -2.16. The fraction of sp³-hybridized carbons (Fsp3) is 0.417. The first-order valence-electron chi connectivity index (χ1n) is 5.59. The molecule has 0 aliphatic carbocycles. The Morgan fingerprint density at radius 1 is 1.39 bits per heavy atom. The van der Waals surface area contributed by atoms with Gasteiger partial charge in [-0.3, -0.25) is 14.4 Å². The van der Waals surface area contributed by atoms with Crippen molar-refractivity contribution in [3.8, 4) is 0 Å². The number of carbonyl (C=O) groups is 2. The molecule has 0 aliphatic rings. The van der Waals surface area contributed by atoms with E-state index >= 15 is 0 Å². The Morgan fingerprint density at radius 2 is 2.06 bits per heavy atom. The van der Waals surface area contributed by atoms with Crippen LogP contribution in [0.5, 0.6) is 0 Å². The smallest absolute Gasteiger partial charge is 0.303 e. The maximum atomic E-state index is 11.9. The number of hydrogen-bond donors (Lipinski definition) is 2. The number of nitrogens with zero attached hydrogens (tertiary/aromatic N) is 1. The molecule has 0 saturated heterocycles. The first-order chi connectivity index (χ1) is 8.41. The Labute approximate surface area is 104 Å². The van der Waals surface area contributed by atoms with E-state index in [2.05, 4.69) is 4.98 Å². The Morgan fingerprint density at radius 3 is 2.61 bits per heavy atom. The molecule has 0 atom stereocenters. The van der Waals surface area contributed by atoms with E-state index in [4.69, 9.17) is 5.11 Å². The second kappa shape index (κ2) is 6.00. The second-order valence-corrected chi connectivity index (χ2v) is 4.11. The highest BCUT2D eigenvalue weighted by molar-refractivity contribution is 5.93. The van der Waals surface area contributed by atoms with E-state index in [0.29, 0.717) is 18.7 Å². The molecule has 1 heterocycles. The lowest BCUT2D eigenvalue weighted by atomic mass is 10.2. The van der Waals surface area contributed by atoms with Gasteiger partial charge in [0.05, 0.1) is 0 Å². The van der Waals surface area contributed by atoms with E-state index in [9.17, 15) is 14.4 Å². The quantitative estimate of drug-likeness (QED) is 0.803. The Hall–Kier alpha value is -2.11. The largest absolute Gasteiger partial charge is 0.481 e. The lowest BCUT2D eigenvalue weighted by molar-refractivity contribution is -0.137. The van der Waals surface area contributed by atoms with Crippen LogP contribution in [0.25, 0.3) is 0 Å². The Bertz CT molecular complexity index is 507. The predicted molar refractivity (Wildman–Crippen MR) is 65.6 cm³/mol. The molecule has 1 rings (SSSR count). The van der Waals surface area contributed by atoms with E-state index in [1.54, 1.807) is 20.0 Å². The summed E-state index contributed by atoms with van der Waals surface area (Å²) in [6, 6.07) is 3.13. The van der Waals surface area contributed by atoms with Gasteiger partial charge >= 0.3 is 5.97 Å². The van der Waals surface area contributed by atoms with Crippen molar-refractivity contribution in [3.63, 3.8) is 0 Å². The fourth-order valence-corrected chi connectivity index (χ4v) is 1.52. The third-order valence-corrected chi connectivity index (χ3v) is 2.52. The van der Waals surface area contributed by atoms with Crippen LogP contribution in [0.15, 0.2) is 16.9 Å². The number of hydrogen-bond acceptors (Lipinski definition) is 3. The molecule has 6 heteroatoms. The van der Waals surface area contributed by atoms with Crippen LogP contribution in [0, 0.1) is 6.92 Å². The zero-order valence-corrected chi connectivity index (χ0v) is 10.4. The number of pyridine rings is 1. The van der Waals surface area contributed by atoms with Crippen LogP contribution in [0.2, 0.25) is 0 Å². The van der Waals surface area contributed by atoms with Gasteiger partial charge in [-0.2, -0.15) is 0 Å². The first kappa shape index (κ1) is 14.0. The van der Waals surface area contributed by atoms with Crippen molar-refractivity contribution in [2.45, 2.75) is 19.8 Å². The molecule has 0 saturated carbocycles. The molecule has 0 aliphatic heterocycles. The summed E-state index contributed by atoms with van der Waals surface area (Å²) in [4.78, 5) is 37.7. The van der Waals surface area contributed by atoms with Crippen LogP contribution in [0.1, 0.15) is 28.9 Å². The summed E-state index contributed by atoms with van der Waals surface area (Å²) in [5.41, 5.74) is 0.327. The predicted octanol–water partition coefficient (Wildman–Crippen LogP) is 0.620. The van der Waals surface area contributed by atoms with Gasteiger partial charge in [0.15, 0.2) is 0 Å². The number of carboxylic acid groups (broad SMARTS) is 1. The van der Waals surface area contributed by atoms with Gasteiger partial charge in [0, 0.05) is 25.7 Å². The molecular weight excluding hydrogens is 236 g/mol. The van der Waals surface area contributed by atoms with Gasteiger partial charge in [0.1, 0.15) is 5.56 Å². The van der Waals surface area contributed by atoms with Crippen LogP contribution in [-0.4, -0.2) is 40.5 Å². The number of aromatic amines is 1. The van der Waals surface area contributed by atoms with Crippen molar-refractivity contribution in [1.29, 1.82) is 0 Å². The molecule has 0 unspecified atom stereocenters. The van der Waals surface area contributed by atoms with Crippen molar-refractivity contribution >= 4 is 11.9 Å². The summed E-state index contributed by atoms with van der Waals surface area (Å²) < 4.78 is 0. The molecule has 1 amide bonds. The van der Waals surface area contributed by atoms with E-state index < -0.39 is 17.4 Å². The molecule has 0 spiro atoms. The van der Waals surface area contributed by atoms with Gasteiger partial charge in [-0.1, -0.05) is 0 Å². The topological polar surface area (TPSA) is 90.5 Å². The molecule has 1 aromatic heterocycles. The zero-order valence-electron chi connectivity index (χ0n) is 10.4. The van der Waals surface area contributed by atoms with Gasteiger partial charge in [-0.15, -0.1) is 0 Å². The van der Waals surface area contributed by atoms with Crippen molar-refractivity contribution in [2.75, 3.05) is 13.6 Å². The number of H-pyrrole nitrogens is 1. The van der Waals surface area contributed by atoms with Gasteiger partial charge in [0.25, 0.3) is 11.5 Å². The molecule has 0 bridgehead atoms. The van der Waals surface area contributed by atoms with E-state index in [0.717, 1.165) is 0 Å². The SMILES string of the molecule is Cc1ccc(C(=O)N(C)CCCC(=O)O)c(=O)[nH]1. The average molecular weight is 252 g/mol. The molecule has 98 valence electrons. The van der Waals surface area contributed by atoms with E-state index in [-0.39, 0.29) is 12.0 Å². The maximum absolute atomic E-state index is 11.9. The zero-order chi connectivity index (χ0) is 13.7. The highest BCUT2D eigenvalue weighted by Crippen LogP contribution is 2.01. The van der Waals surface area contributed by atoms with Gasteiger partial charge in [0.2, 0.25) is 0 Å². The van der Waals surface area contributed by atoms with Crippen molar-refractivity contribution in [3.05, 3.63) is 33.7 Å². The normalized spacial score (nSPS) is 10.1. The summed E-state index contributed by atoms with van der Waals surface area (Å²) in [5, 5.41) is 8.50. The molecule has 18 heavy (non-hydrogen) atoms. The molecule has 1 aromatic rings. The summed E-state index contributed by atoms with van der Waals surface area (Å²) >= 11 is 0. The van der Waals surface area contributed by atoms with Gasteiger partial charge < -0.3 is 15.0 Å². The van der Waals surface area contributed by atoms with Gasteiger partial charge in [-0.05, 0) is 25.5 Å². The number of carboxylic acids is 1. The number of nitrogens with one attached hydrogen (secondary N) is 1. The van der Waals surface area contributed by atoms with Crippen LogP contribution < -0.4 is 5.56 Å². The van der Waals surface area contributed by atoms with Crippen LogP contribution >= 0.6 is 0 Å². The van der Waals surface area contributed by atoms with Crippen LogP contribution in [0.3, 0.4) is 0 Å². The van der Waals surface area contributed by atoms with Crippen molar-refractivity contribution in [1.82, 2.24) is 9.88 Å². The number of rotatable bonds is 5. The molecule has 0 radical (unpaired) electrons. The second-order valence-electron chi connectivity index (χ2n) is 4.11. The minimum atomic E-state index is -0.899. The number of aliphatic carboxylic acids is 1. The van der Waals surface area contributed by atoms with Crippen molar-refractivity contribution < 1.29 is 14.7 Å². The first-order valence-corrected chi connectivity index (χ1v) is 5.59. The molecular formula is C12H16N2O4. The van der Waals surface area contributed by atoms with Crippen LogP contribution in [-0.2, 0) is 4.79 Å². The average Bonchev–Trinajstić information content (AvgIpc) is 2.27. The molecule has 0 aromatic carbocycles. The fourth-order valence-electron chi connectivity index (χ4n) is 1.52. The molecule has 6 nitrogen and oxygen atoms in total. The standard InChI is InChI=1S/C12H16N2O4/c1-8-5-6-9(11(17)13-8)12(18)14(2)7-3-4-10(15)16/h5-6H,3-4,7H2,1-2H3,(H,13,17)(H,15,16). The highest BCUT2D eigenvalue weighted by atomic mass is 16.4. The Balaban J connectivity index is 2.68. The van der Waals surface area contributed by atoms with Gasteiger partial charge in [-0.25, -0.2) is 0 Å². The Kier molecular flexibility index (Phi) is 4.65. The number of amides is 1. The molecule has 0 fully saturated rings. The number of aryl methyl sites for hydroxylation is 1. The van der Waals surface area contributed by atoms with Crippen LogP contribution in [0.4, 0.5) is 0 Å². The third-order valence-electron chi connectivity index (χ3n) is 2.52. The number of aromatic nitrogens is 1. The monoisotopic (exact) mass is 252 g/mol. The van der Waals surface area contributed by atoms with Crippen molar-refractivity contribution in [2.24, 2.45) is 0 Å². The molecule has 2 N–H and O–H groups in total. The maximum Gasteiger partial charge on any atom is 0.303 e. The minimum Gasteiger partial charge on any atom is -0.481 e. The third kappa shape index (κ3) is 3.73. The highest BCUT2D eigenvalue weighted by Gasteiger charge is 2.15. The summed E-state index contributed by atoms with van der Waals surface area (Å²) in [6.07, 6.45) is 0.364. The minimum absolute atomic E-state index is 0.00186. The summed E-state index contributed by atoms with van der Waals surface area (Å²) in [6.45, 7) is 2.03. The van der Waals surface area contributed by atoms with E-state index in [1.807, 2.05) is 0 Å². The number of carbonyl (C=O) groups excluding carboxylic acids is 1.